The van der Waals surface area contributed by atoms with Gasteiger partial charge < -0.3 is 9.47 Å². The molecule has 1 N–H and O–H groups in total. The first kappa shape index (κ1) is 20.2. The van der Waals surface area contributed by atoms with Crippen LogP contribution in [0.3, 0.4) is 0 Å². The number of fused-ring (bicyclic) bond motifs is 1. The Labute approximate surface area is 188 Å². The molecule has 0 radical (unpaired) electrons. The molecule has 32 heavy (non-hydrogen) atoms. The first-order chi connectivity index (χ1) is 15.6. The number of nitrogens with zero attached hydrogens (tertiary/aromatic N) is 3. The molecule has 3 aromatic rings. The molecule has 1 amide bonds. The minimum absolute atomic E-state index is 0.0458. The van der Waals surface area contributed by atoms with Crippen molar-refractivity contribution in [2.24, 2.45) is 5.10 Å². The van der Waals surface area contributed by atoms with Crippen molar-refractivity contribution in [1.82, 2.24) is 4.98 Å². The van der Waals surface area contributed by atoms with Crippen molar-refractivity contribution in [2.75, 3.05) is 23.5 Å². The van der Waals surface area contributed by atoms with Crippen LogP contribution in [-0.4, -0.2) is 41.6 Å². The lowest BCUT2D eigenvalue weighted by Gasteiger charge is -2.20. The second-order valence-corrected chi connectivity index (χ2v) is 8.27. The number of hydrogen-bond donors (Lipinski definition) is 1. The summed E-state index contributed by atoms with van der Waals surface area (Å²) in [5, 5.41) is 11.2. The predicted molar refractivity (Wildman–Crippen MR) is 123 cm³/mol. The highest BCUT2D eigenvalue weighted by atomic mass is 32.1. The zero-order valence-corrected chi connectivity index (χ0v) is 18.1. The molecule has 2 aromatic carbocycles. The molecule has 0 spiro atoms. The van der Waals surface area contributed by atoms with Crippen LogP contribution in [0.5, 0.6) is 11.5 Å². The number of benzene rings is 2. The number of ether oxygens (including phenoxy) is 2. The third-order valence-corrected chi connectivity index (χ3v) is 5.98. The van der Waals surface area contributed by atoms with Crippen molar-refractivity contribution in [3.05, 3.63) is 53.9 Å². The van der Waals surface area contributed by atoms with Crippen molar-refractivity contribution >= 4 is 39.6 Å². The van der Waals surface area contributed by atoms with Gasteiger partial charge in [-0.15, -0.1) is 11.3 Å². The Bertz CT molecular complexity index is 1210. The van der Waals surface area contributed by atoms with E-state index in [4.69, 9.17) is 9.47 Å². The van der Waals surface area contributed by atoms with Crippen LogP contribution in [0.25, 0.3) is 11.3 Å². The molecule has 0 aliphatic carbocycles. The SMILES string of the molecule is CC(=O)C1CC(C(=O)Nc2nc(-c3ccc4c(c3)OCCO4)cs2)=NN1c1ccccc1. The van der Waals surface area contributed by atoms with Gasteiger partial charge in [0, 0.05) is 17.4 Å². The Balaban J connectivity index is 1.32. The van der Waals surface area contributed by atoms with Crippen LogP contribution in [0.4, 0.5) is 10.8 Å². The van der Waals surface area contributed by atoms with E-state index in [1.165, 1.54) is 18.3 Å². The first-order valence-corrected chi connectivity index (χ1v) is 11.1. The summed E-state index contributed by atoms with van der Waals surface area (Å²) in [7, 11) is 0. The molecule has 5 rings (SSSR count). The molecule has 0 saturated heterocycles. The van der Waals surface area contributed by atoms with Crippen LogP contribution in [0.2, 0.25) is 0 Å². The zero-order chi connectivity index (χ0) is 22.1. The summed E-state index contributed by atoms with van der Waals surface area (Å²) in [5.41, 5.74) is 2.66. The fraction of sp³-hybridized carbons (Fsp3) is 0.217. The number of ketones is 1. The molecule has 0 bridgehead atoms. The number of hydrogen-bond acceptors (Lipinski definition) is 8. The zero-order valence-electron chi connectivity index (χ0n) is 17.3. The maximum atomic E-state index is 12.8. The normalized spacial score (nSPS) is 17.1. The minimum atomic E-state index is -0.497. The summed E-state index contributed by atoms with van der Waals surface area (Å²) < 4.78 is 11.2. The highest BCUT2D eigenvalue weighted by Crippen LogP contribution is 2.35. The largest absolute Gasteiger partial charge is 0.486 e. The van der Waals surface area contributed by atoms with E-state index >= 15 is 0 Å². The number of carbonyl (C=O) groups is 2. The average molecular weight is 449 g/mol. The van der Waals surface area contributed by atoms with Crippen LogP contribution >= 0.6 is 11.3 Å². The summed E-state index contributed by atoms with van der Waals surface area (Å²) in [4.78, 5) is 29.5. The fourth-order valence-corrected chi connectivity index (χ4v) is 4.33. The quantitative estimate of drug-likeness (QED) is 0.639. The molecule has 2 aliphatic rings. The molecule has 9 heteroatoms. The molecule has 0 saturated carbocycles. The molecule has 1 unspecified atom stereocenters. The second kappa shape index (κ2) is 8.43. The summed E-state index contributed by atoms with van der Waals surface area (Å²) in [5.74, 6) is 0.989. The van der Waals surface area contributed by atoms with Crippen molar-refractivity contribution in [1.29, 1.82) is 0 Å². The van der Waals surface area contributed by atoms with Crippen LogP contribution in [0.1, 0.15) is 13.3 Å². The second-order valence-electron chi connectivity index (χ2n) is 7.41. The molecule has 1 aromatic heterocycles. The van der Waals surface area contributed by atoms with Crippen molar-refractivity contribution in [3.8, 4) is 22.8 Å². The Morgan fingerprint density at radius 1 is 1.09 bits per heavy atom. The van der Waals surface area contributed by atoms with Gasteiger partial charge in [0.25, 0.3) is 5.91 Å². The third kappa shape index (κ3) is 3.94. The maximum Gasteiger partial charge on any atom is 0.273 e. The van der Waals surface area contributed by atoms with Crippen LogP contribution in [0.15, 0.2) is 59.0 Å². The predicted octanol–water partition coefficient (Wildman–Crippen LogP) is 3.74. The van der Waals surface area contributed by atoms with E-state index in [-0.39, 0.29) is 18.1 Å². The Morgan fingerprint density at radius 2 is 1.88 bits per heavy atom. The first-order valence-electron chi connectivity index (χ1n) is 10.2. The number of Topliss-reactive ketones (excluding diaryl/α,β-unsaturated/α-hetero) is 1. The highest BCUT2D eigenvalue weighted by molar-refractivity contribution is 7.14. The van der Waals surface area contributed by atoms with E-state index in [9.17, 15) is 9.59 Å². The number of anilines is 2. The molecular weight excluding hydrogens is 428 g/mol. The van der Waals surface area contributed by atoms with E-state index in [1.54, 1.807) is 5.01 Å². The number of aromatic nitrogens is 1. The van der Waals surface area contributed by atoms with E-state index in [1.807, 2.05) is 53.9 Å². The Kier molecular flexibility index (Phi) is 5.32. The van der Waals surface area contributed by atoms with Gasteiger partial charge in [0.2, 0.25) is 0 Å². The van der Waals surface area contributed by atoms with Gasteiger partial charge in [0.1, 0.15) is 25.0 Å². The van der Waals surface area contributed by atoms with Crippen LogP contribution < -0.4 is 19.8 Å². The summed E-state index contributed by atoms with van der Waals surface area (Å²) in [6.45, 7) is 2.56. The molecule has 2 aliphatic heterocycles. The molecule has 162 valence electrons. The molecule has 3 heterocycles. The van der Waals surface area contributed by atoms with E-state index in [0.29, 0.717) is 35.6 Å². The van der Waals surface area contributed by atoms with Crippen LogP contribution in [-0.2, 0) is 9.59 Å². The topological polar surface area (TPSA) is 93.1 Å². The fourth-order valence-electron chi connectivity index (χ4n) is 3.62. The smallest absolute Gasteiger partial charge is 0.273 e. The van der Waals surface area contributed by atoms with Gasteiger partial charge in [0.15, 0.2) is 22.4 Å². The lowest BCUT2D eigenvalue weighted by atomic mass is 10.1. The van der Waals surface area contributed by atoms with E-state index < -0.39 is 6.04 Å². The average Bonchev–Trinajstić information content (AvgIpc) is 3.47. The number of nitrogens with one attached hydrogen (secondary N) is 1. The molecule has 0 fully saturated rings. The van der Waals surface area contributed by atoms with Crippen molar-refractivity contribution in [3.63, 3.8) is 0 Å². The number of carbonyl (C=O) groups excluding carboxylic acids is 2. The number of amides is 1. The maximum absolute atomic E-state index is 12.8. The van der Waals surface area contributed by atoms with Gasteiger partial charge in [-0.1, -0.05) is 18.2 Å². The molecule has 8 nitrogen and oxygen atoms in total. The third-order valence-electron chi connectivity index (χ3n) is 5.23. The van der Waals surface area contributed by atoms with Crippen molar-refractivity contribution < 1.29 is 19.1 Å². The number of hydrazone groups is 1. The Morgan fingerprint density at radius 3 is 2.66 bits per heavy atom. The van der Waals surface area contributed by atoms with Gasteiger partial charge in [0.05, 0.1) is 11.4 Å². The summed E-state index contributed by atoms with van der Waals surface area (Å²) in [6.07, 6.45) is 0.246. The molecular formula is C23H20N4O4S. The Hall–Kier alpha value is -3.72. The minimum Gasteiger partial charge on any atom is -0.486 e. The van der Waals surface area contributed by atoms with Gasteiger partial charge in [-0.2, -0.15) is 5.10 Å². The highest BCUT2D eigenvalue weighted by Gasteiger charge is 2.34. The van der Waals surface area contributed by atoms with E-state index in [2.05, 4.69) is 15.4 Å². The molecule has 1 atom stereocenters. The number of thiazole rings is 1. The van der Waals surface area contributed by atoms with Gasteiger partial charge >= 0.3 is 0 Å². The summed E-state index contributed by atoms with van der Waals surface area (Å²) in [6, 6.07) is 14.5. The van der Waals surface area contributed by atoms with Crippen LogP contribution in [0, 0.1) is 0 Å². The lowest BCUT2D eigenvalue weighted by molar-refractivity contribution is -0.118. The van der Waals surface area contributed by atoms with Gasteiger partial charge in [-0.05, 0) is 37.3 Å². The number of para-hydroxylation sites is 1. The standard InChI is InChI=1S/C23H20N4O4S/c1-14(28)19-12-17(26-27(19)16-5-3-2-4-6-16)22(29)25-23-24-18(13-32-23)15-7-8-20-21(11-15)31-10-9-30-20/h2-8,11,13,19H,9-10,12H2,1H3,(H,24,25,29). The monoisotopic (exact) mass is 448 g/mol. The van der Waals surface area contributed by atoms with Gasteiger partial charge in [-0.25, -0.2) is 4.98 Å². The van der Waals surface area contributed by atoms with E-state index in [0.717, 1.165) is 16.9 Å². The summed E-state index contributed by atoms with van der Waals surface area (Å²) >= 11 is 1.32. The lowest BCUT2D eigenvalue weighted by Crippen LogP contribution is -2.33. The van der Waals surface area contributed by atoms with Crippen molar-refractivity contribution in [2.45, 2.75) is 19.4 Å². The van der Waals surface area contributed by atoms with Gasteiger partial charge in [-0.3, -0.25) is 19.9 Å². The number of rotatable bonds is 5.